The monoisotopic (exact) mass is 432 g/mol. The average molecular weight is 433 g/mol. The number of hydrogen-bond donors (Lipinski definition) is 2. The van der Waals surface area contributed by atoms with Crippen molar-refractivity contribution in [3.8, 4) is 11.8 Å². The predicted octanol–water partition coefficient (Wildman–Crippen LogP) is 3.23. The van der Waals surface area contributed by atoms with Crippen molar-refractivity contribution in [1.29, 1.82) is 0 Å². The van der Waals surface area contributed by atoms with E-state index in [-0.39, 0.29) is 29.8 Å². The number of halogens is 1. The number of sulfonamides is 1. The molecule has 150 valence electrons. The van der Waals surface area contributed by atoms with Gasteiger partial charge in [0.1, 0.15) is 5.75 Å². The van der Waals surface area contributed by atoms with Gasteiger partial charge in [-0.25, -0.2) is 23.1 Å². The Morgan fingerprint density at radius 3 is 2.45 bits per heavy atom. The van der Waals surface area contributed by atoms with Crippen LogP contribution in [0.5, 0.6) is 11.8 Å². The summed E-state index contributed by atoms with van der Waals surface area (Å²) < 4.78 is 32.2. The fourth-order valence-electron chi connectivity index (χ4n) is 2.29. The van der Waals surface area contributed by atoms with Gasteiger partial charge < -0.3 is 10.1 Å². The van der Waals surface area contributed by atoms with Crippen LogP contribution in [0.2, 0.25) is 5.02 Å². The van der Waals surface area contributed by atoms with Crippen LogP contribution in [0.3, 0.4) is 0 Å². The fourth-order valence-corrected chi connectivity index (χ4v) is 3.62. The third-order valence-corrected chi connectivity index (χ3v) is 5.33. The Labute approximate surface area is 173 Å². The molecule has 0 saturated carbocycles. The highest BCUT2D eigenvalue weighted by Gasteiger charge is 2.14. The van der Waals surface area contributed by atoms with Crippen LogP contribution in [-0.2, 0) is 14.8 Å². The Morgan fingerprint density at radius 2 is 1.76 bits per heavy atom. The average Bonchev–Trinajstić information content (AvgIpc) is 2.70. The highest BCUT2D eigenvalue weighted by Crippen LogP contribution is 2.20. The lowest BCUT2D eigenvalue weighted by molar-refractivity contribution is -0.116. The number of carbonyl (C=O) groups excluding carboxylic acids is 1. The van der Waals surface area contributed by atoms with E-state index in [4.69, 9.17) is 16.3 Å². The van der Waals surface area contributed by atoms with Gasteiger partial charge in [0, 0.05) is 36.1 Å². The molecule has 0 saturated heterocycles. The Morgan fingerprint density at radius 1 is 1.03 bits per heavy atom. The van der Waals surface area contributed by atoms with E-state index < -0.39 is 10.0 Å². The first kappa shape index (κ1) is 20.7. The first-order valence-electron chi connectivity index (χ1n) is 8.52. The summed E-state index contributed by atoms with van der Waals surface area (Å²) in [5, 5.41) is 3.00. The maximum absolute atomic E-state index is 12.2. The number of carbonyl (C=O) groups is 1. The summed E-state index contributed by atoms with van der Waals surface area (Å²) in [7, 11) is -3.73. The zero-order valence-corrected chi connectivity index (χ0v) is 16.7. The quantitative estimate of drug-likeness (QED) is 0.565. The van der Waals surface area contributed by atoms with E-state index in [0.717, 1.165) is 0 Å². The molecule has 0 fully saturated rings. The Kier molecular flexibility index (Phi) is 6.76. The highest BCUT2D eigenvalue weighted by molar-refractivity contribution is 7.89. The van der Waals surface area contributed by atoms with E-state index in [1.807, 2.05) is 0 Å². The molecule has 0 radical (unpaired) electrons. The normalized spacial score (nSPS) is 11.1. The van der Waals surface area contributed by atoms with Crippen molar-refractivity contribution in [2.75, 3.05) is 11.9 Å². The maximum Gasteiger partial charge on any atom is 0.321 e. The van der Waals surface area contributed by atoms with Crippen LogP contribution in [0.15, 0.2) is 71.9 Å². The third-order valence-electron chi connectivity index (χ3n) is 3.64. The van der Waals surface area contributed by atoms with Gasteiger partial charge in [0.15, 0.2) is 0 Å². The molecule has 1 aromatic heterocycles. The number of aromatic nitrogens is 2. The summed E-state index contributed by atoms with van der Waals surface area (Å²) >= 11 is 5.81. The van der Waals surface area contributed by atoms with Gasteiger partial charge in [0.25, 0.3) is 0 Å². The van der Waals surface area contributed by atoms with E-state index in [9.17, 15) is 13.2 Å². The van der Waals surface area contributed by atoms with Gasteiger partial charge in [-0.2, -0.15) is 0 Å². The molecule has 0 aliphatic heterocycles. The topological polar surface area (TPSA) is 110 Å². The molecule has 1 amide bonds. The predicted molar refractivity (Wildman–Crippen MR) is 108 cm³/mol. The van der Waals surface area contributed by atoms with E-state index in [1.54, 1.807) is 54.9 Å². The fraction of sp³-hybridized carbons (Fsp3) is 0.105. The van der Waals surface area contributed by atoms with E-state index in [1.165, 1.54) is 12.1 Å². The number of benzene rings is 2. The lowest BCUT2D eigenvalue weighted by Crippen LogP contribution is -2.27. The first-order chi connectivity index (χ1) is 13.9. The van der Waals surface area contributed by atoms with Gasteiger partial charge in [0.05, 0.1) is 4.90 Å². The van der Waals surface area contributed by atoms with Crippen molar-refractivity contribution < 1.29 is 17.9 Å². The lowest BCUT2D eigenvalue weighted by Gasteiger charge is -2.09. The largest absolute Gasteiger partial charge is 0.424 e. The number of amides is 1. The number of nitrogens with zero attached hydrogens (tertiary/aromatic N) is 2. The van der Waals surface area contributed by atoms with Crippen LogP contribution in [-0.4, -0.2) is 30.8 Å². The molecule has 3 rings (SSSR count). The molecular weight excluding hydrogens is 416 g/mol. The molecule has 0 aliphatic carbocycles. The molecule has 0 atom stereocenters. The first-order valence-corrected chi connectivity index (χ1v) is 10.4. The molecule has 3 aromatic rings. The molecule has 0 spiro atoms. The van der Waals surface area contributed by atoms with Crippen molar-refractivity contribution in [1.82, 2.24) is 14.7 Å². The van der Waals surface area contributed by atoms with Crippen molar-refractivity contribution in [3.05, 3.63) is 72.0 Å². The zero-order valence-electron chi connectivity index (χ0n) is 15.1. The van der Waals surface area contributed by atoms with E-state index in [0.29, 0.717) is 16.5 Å². The smallest absolute Gasteiger partial charge is 0.321 e. The van der Waals surface area contributed by atoms with Crippen molar-refractivity contribution >= 4 is 33.2 Å². The van der Waals surface area contributed by atoms with E-state index >= 15 is 0 Å². The molecular formula is C19H17ClN4O4S. The number of anilines is 1. The van der Waals surface area contributed by atoms with Crippen LogP contribution in [0.25, 0.3) is 0 Å². The second-order valence-electron chi connectivity index (χ2n) is 5.81. The highest BCUT2D eigenvalue weighted by atomic mass is 35.5. The summed E-state index contributed by atoms with van der Waals surface area (Å²) in [5.74, 6) is 0.183. The zero-order chi connectivity index (χ0) is 20.7. The van der Waals surface area contributed by atoms with Crippen LogP contribution in [0.4, 0.5) is 5.69 Å². The van der Waals surface area contributed by atoms with Crippen molar-refractivity contribution in [3.63, 3.8) is 0 Å². The molecule has 10 heteroatoms. The van der Waals surface area contributed by atoms with Crippen molar-refractivity contribution in [2.45, 2.75) is 11.3 Å². The second-order valence-corrected chi connectivity index (χ2v) is 8.01. The van der Waals surface area contributed by atoms with Crippen molar-refractivity contribution in [2.24, 2.45) is 0 Å². The minimum absolute atomic E-state index is 0.0318. The molecule has 2 aromatic carbocycles. The molecule has 8 nitrogen and oxygen atoms in total. The Bertz CT molecular complexity index is 1080. The van der Waals surface area contributed by atoms with Crippen LogP contribution >= 0.6 is 11.6 Å². The van der Waals surface area contributed by atoms with Crippen LogP contribution < -0.4 is 14.8 Å². The van der Waals surface area contributed by atoms with Gasteiger partial charge in [-0.15, -0.1) is 0 Å². The molecule has 2 N–H and O–H groups in total. The van der Waals surface area contributed by atoms with Gasteiger partial charge in [-0.3, -0.25) is 4.79 Å². The van der Waals surface area contributed by atoms with Crippen LogP contribution in [0, 0.1) is 0 Å². The van der Waals surface area contributed by atoms with Gasteiger partial charge in [-0.05, 0) is 48.5 Å². The summed E-state index contributed by atoms with van der Waals surface area (Å²) in [6.45, 7) is -0.0484. The molecule has 0 bridgehead atoms. The third kappa shape index (κ3) is 6.24. The number of hydrogen-bond acceptors (Lipinski definition) is 6. The maximum atomic E-state index is 12.2. The molecule has 1 heterocycles. The van der Waals surface area contributed by atoms with Gasteiger partial charge >= 0.3 is 6.01 Å². The Balaban J connectivity index is 1.48. The number of ether oxygens (including phenoxy) is 1. The van der Waals surface area contributed by atoms with Gasteiger partial charge in [-0.1, -0.05) is 17.7 Å². The summed E-state index contributed by atoms with van der Waals surface area (Å²) in [6.07, 6.45) is 3.10. The summed E-state index contributed by atoms with van der Waals surface area (Å²) in [5.41, 5.74) is 0.550. The minimum Gasteiger partial charge on any atom is -0.424 e. The summed E-state index contributed by atoms with van der Waals surface area (Å²) in [6, 6.07) is 14.4. The standard InChI is InChI=1S/C19H17ClN4O4S/c20-14-3-1-4-17(13-14)29(26,27)23-12-9-18(25)24-15-5-7-16(8-6-15)28-19-21-10-2-11-22-19/h1-8,10-11,13,23H,9,12H2,(H,24,25). The molecule has 0 aliphatic rings. The second kappa shape index (κ2) is 9.46. The Hall–Kier alpha value is -3.01. The number of nitrogens with one attached hydrogen (secondary N) is 2. The van der Waals surface area contributed by atoms with Gasteiger partial charge in [0.2, 0.25) is 15.9 Å². The molecule has 29 heavy (non-hydrogen) atoms. The minimum atomic E-state index is -3.73. The van der Waals surface area contributed by atoms with E-state index in [2.05, 4.69) is 20.0 Å². The van der Waals surface area contributed by atoms with Crippen LogP contribution in [0.1, 0.15) is 6.42 Å². The lowest BCUT2D eigenvalue weighted by atomic mass is 10.3. The number of rotatable bonds is 8. The SMILES string of the molecule is O=C(CCNS(=O)(=O)c1cccc(Cl)c1)Nc1ccc(Oc2ncccn2)cc1. The summed E-state index contributed by atoms with van der Waals surface area (Å²) in [4.78, 5) is 20.0. The molecule has 0 unspecified atom stereocenters.